The molecular weight excluding hydrogens is 677 g/mol. The second-order valence-electron chi connectivity index (χ2n) is 10.1. The average Bonchev–Trinajstić information content (AvgIpc) is 3.52. The van der Waals surface area contributed by atoms with Crippen LogP contribution in [0.4, 0.5) is 15.9 Å². The van der Waals surface area contributed by atoms with Gasteiger partial charge in [0.2, 0.25) is 0 Å². The molecule has 0 atom stereocenters. The van der Waals surface area contributed by atoms with Gasteiger partial charge in [0.25, 0.3) is 0 Å². The highest BCUT2D eigenvalue weighted by Crippen LogP contribution is 2.33. The van der Waals surface area contributed by atoms with Crippen molar-refractivity contribution in [1.29, 1.82) is 0 Å². The summed E-state index contributed by atoms with van der Waals surface area (Å²) in [4.78, 5) is 14.0. The minimum absolute atomic E-state index is 0.0108. The Kier molecular flexibility index (Phi) is 9.45. The van der Waals surface area contributed by atoms with E-state index in [4.69, 9.17) is 9.72 Å². The zero-order valence-corrected chi connectivity index (χ0v) is 27.0. The van der Waals surface area contributed by atoms with E-state index in [9.17, 15) is 12.8 Å². The fraction of sp³-hybridized carbons (Fsp3) is 0.121. The first kappa shape index (κ1) is 30.8. The molecule has 6 rings (SSSR count). The third-order valence-corrected chi connectivity index (χ3v) is 10.1. The Hall–Kier alpha value is -4.23. The number of thiazole rings is 1. The van der Waals surface area contributed by atoms with Crippen LogP contribution in [-0.2, 0) is 23.0 Å². The number of halogens is 2. The smallest absolute Gasteiger partial charge is 0.179 e. The number of nitrogens with zero attached hydrogens (tertiary/aromatic N) is 3. The molecule has 12 heteroatoms. The van der Waals surface area contributed by atoms with Crippen LogP contribution < -0.4 is 15.4 Å². The summed E-state index contributed by atoms with van der Waals surface area (Å²) in [5, 5.41) is 10.2. The van der Waals surface area contributed by atoms with Gasteiger partial charge in [-0.3, -0.25) is 0 Å². The van der Waals surface area contributed by atoms with Gasteiger partial charge in [-0.2, -0.15) is 0 Å². The molecule has 0 aliphatic carbocycles. The second-order valence-corrected chi connectivity index (χ2v) is 14.0. The molecule has 0 saturated heterocycles. The molecule has 0 saturated carbocycles. The van der Waals surface area contributed by atoms with Crippen LogP contribution in [0, 0.1) is 5.82 Å². The lowest BCUT2D eigenvalue weighted by Gasteiger charge is -2.12. The second kappa shape index (κ2) is 13.8. The molecule has 0 radical (unpaired) electrons. The summed E-state index contributed by atoms with van der Waals surface area (Å²) in [5.41, 5.74) is 4.04. The molecule has 0 aliphatic heterocycles. The van der Waals surface area contributed by atoms with E-state index in [1.807, 2.05) is 47.8 Å². The molecule has 0 aliphatic rings. The molecule has 8 nitrogen and oxygen atoms in total. The number of hydrogen-bond acceptors (Lipinski definition) is 9. The van der Waals surface area contributed by atoms with Crippen molar-refractivity contribution < 1.29 is 17.5 Å². The molecule has 2 heterocycles. The fourth-order valence-electron chi connectivity index (χ4n) is 4.61. The SMILES string of the molecule is O=S(=O)(CCNCc1nc(-c2ccc3ncnc(Nc4ccc(OCc5cccc(F)c5)c(Br)c4)c3c2)cs1)c1ccccc1. The summed E-state index contributed by atoms with van der Waals surface area (Å²) in [6.45, 7) is 1.03. The van der Waals surface area contributed by atoms with Crippen molar-refractivity contribution in [3.05, 3.63) is 124 Å². The number of rotatable bonds is 12. The van der Waals surface area contributed by atoms with Crippen LogP contribution in [-0.4, -0.2) is 35.7 Å². The number of benzene rings is 4. The van der Waals surface area contributed by atoms with Gasteiger partial charge in [0, 0.05) is 35.1 Å². The third-order valence-electron chi connectivity index (χ3n) is 6.89. The zero-order chi connectivity index (χ0) is 31.2. The molecule has 0 spiro atoms. The van der Waals surface area contributed by atoms with E-state index >= 15 is 0 Å². The minimum atomic E-state index is -3.34. The predicted molar refractivity (Wildman–Crippen MR) is 179 cm³/mol. The van der Waals surface area contributed by atoms with E-state index in [2.05, 4.69) is 36.5 Å². The van der Waals surface area contributed by atoms with Gasteiger partial charge in [-0.1, -0.05) is 36.4 Å². The highest BCUT2D eigenvalue weighted by molar-refractivity contribution is 9.10. The van der Waals surface area contributed by atoms with Gasteiger partial charge in [-0.25, -0.2) is 27.8 Å². The maximum absolute atomic E-state index is 13.5. The quantitative estimate of drug-likeness (QED) is 0.126. The number of aromatic nitrogens is 3. The molecule has 2 aromatic heterocycles. The van der Waals surface area contributed by atoms with Crippen molar-refractivity contribution in [3.63, 3.8) is 0 Å². The number of sulfone groups is 1. The summed E-state index contributed by atoms with van der Waals surface area (Å²) in [5.74, 6) is 0.980. The van der Waals surface area contributed by atoms with Crippen molar-refractivity contribution in [3.8, 4) is 17.0 Å². The molecule has 0 bridgehead atoms. The first-order valence-electron chi connectivity index (χ1n) is 14.0. The van der Waals surface area contributed by atoms with Crippen LogP contribution in [0.1, 0.15) is 10.6 Å². The maximum Gasteiger partial charge on any atom is 0.179 e. The minimum Gasteiger partial charge on any atom is -0.488 e. The van der Waals surface area contributed by atoms with Crippen LogP contribution in [0.5, 0.6) is 5.75 Å². The Labute approximate surface area is 272 Å². The van der Waals surface area contributed by atoms with E-state index in [1.165, 1.54) is 29.8 Å². The Morgan fingerprint density at radius 2 is 1.80 bits per heavy atom. The van der Waals surface area contributed by atoms with Crippen LogP contribution >= 0.6 is 27.3 Å². The topological polar surface area (TPSA) is 106 Å². The fourth-order valence-corrected chi connectivity index (χ4v) is 7.09. The van der Waals surface area contributed by atoms with E-state index in [-0.39, 0.29) is 18.2 Å². The van der Waals surface area contributed by atoms with Crippen molar-refractivity contribution in [2.75, 3.05) is 17.6 Å². The van der Waals surface area contributed by atoms with Crippen LogP contribution in [0.15, 0.2) is 112 Å². The van der Waals surface area contributed by atoms with Gasteiger partial charge >= 0.3 is 0 Å². The first-order chi connectivity index (χ1) is 21.8. The molecule has 0 unspecified atom stereocenters. The Morgan fingerprint density at radius 3 is 2.62 bits per heavy atom. The van der Waals surface area contributed by atoms with Gasteiger partial charge < -0.3 is 15.4 Å². The Bertz CT molecular complexity index is 2060. The molecule has 0 amide bonds. The normalized spacial score (nSPS) is 11.5. The summed E-state index contributed by atoms with van der Waals surface area (Å²) in [6.07, 6.45) is 1.51. The van der Waals surface area contributed by atoms with E-state index in [0.717, 1.165) is 42.9 Å². The zero-order valence-electron chi connectivity index (χ0n) is 23.8. The van der Waals surface area contributed by atoms with Crippen molar-refractivity contribution in [2.45, 2.75) is 18.0 Å². The van der Waals surface area contributed by atoms with Crippen molar-refractivity contribution in [1.82, 2.24) is 20.3 Å². The third kappa shape index (κ3) is 7.71. The molecular formula is C33H27BrFN5O3S2. The highest BCUT2D eigenvalue weighted by atomic mass is 79.9. The standard InChI is InChI=1S/C33H27BrFN5O3S2/c34-28-17-25(10-12-31(28)43-19-22-5-4-6-24(35)15-22)39-33-27-16-23(9-11-29(27)37-21-38-33)30-20-44-32(40-30)18-36-13-14-45(41,42)26-7-2-1-3-8-26/h1-12,15-17,20-21,36H,13-14,18-19H2,(H,37,38,39). The molecule has 4 aromatic carbocycles. The van der Waals surface area contributed by atoms with Gasteiger partial charge in [-0.15, -0.1) is 11.3 Å². The number of nitrogens with one attached hydrogen (secondary N) is 2. The number of anilines is 2. The van der Waals surface area contributed by atoms with Gasteiger partial charge in [-0.05, 0) is 76.1 Å². The molecule has 2 N–H and O–H groups in total. The first-order valence-corrected chi connectivity index (χ1v) is 17.3. The molecule has 0 fully saturated rings. The van der Waals surface area contributed by atoms with E-state index < -0.39 is 9.84 Å². The average molecular weight is 705 g/mol. The van der Waals surface area contributed by atoms with Crippen LogP contribution in [0.3, 0.4) is 0 Å². The largest absolute Gasteiger partial charge is 0.488 e. The predicted octanol–water partition coefficient (Wildman–Crippen LogP) is 7.54. The number of fused-ring (bicyclic) bond motifs is 1. The molecule has 228 valence electrons. The van der Waals surface area contributed by atoms with Crippen molar-refractivity contribution in [2.24, 2.45) is 0 Å². The molecule has 45 heavy (non-hydrogen) atoms. The van der Waals surface area contributed by atoms with Gasteiger partial charge in [0.15, 0.2) is 9.84 Å². The summed E-state index contributed by atoms with van der Waals surface area (Å²) < 4.78 is 45.1. The lowest BCUT2D eigenvalue weighted by atomic mass is 10.1. The lowest BCUT2D eigenvalue weighted by molar-refractivity contribution is 0.303. The molecule has 6 aromatic rings. The van der Waals surface area contributed by atoms with Crippen LogP contribution in [0.2, 0.25) is 0 Å². The van der Waals surface area contributed by atoms with Crippen molar-refractivity contribution >= 4 is 59.5 Å². The van der Waals surface area contributed by atoms with E-state index in [0.29, 0.717) is 29.6 Å². The monoisotopic (exact) mass is 703 g/mol. The Morgan fingerprint density at radius 1 is 0.933 bits per heavy atom. The van der Waals surface area contributed by atoms with Gasteiger partial charge in [0.1, 0.15) is 35.3 Å². The maximum atomic E-state index is 13.5. The summed E-state index contributed by atoms with van der Waals surface area (Å²) in [7, 11) is -3.34. The number of hydrogen-bond donors (Lipinski definition) is 2. The Balaban J connectivity index is 1.11. The number of ether oxygens (including phenoxy) is 1. The van der Waals surface area contributed by atoms with Gasteiger partial charge in [0.05, 0.1) is 26.3 Å². The highest BCUT2D eigenvalue weighted by Gasteiger charge is 2.14. The lowest BCUT2D eigenvalue weighted by Crippen LogP contribution is -2.22. The summed E-state index contributed by atoms with van der Waals surface area (Å²) in [6, 6.07) is 26.3. The van der Waals surface area contributed by atoms with E-state index in [1.54, 1.807) is 36.4 Å². The summed E-state index contributed by atoms with van der Waals surface area (Å²) >= 11 is 5.08. The van der Waals surface area contributed by atoms with Crippen LogP contribution in [0.25, 0.3) is 22.2 Å².